The van der Waals surface area contributed by atoms with Gasteiger partial charge in [0.2, 0.25) is 0 Å². The largest absolute Gasteiger partial charge is 0.272 e. The fourth-order valence-electron chi connectivity index (χ4n) is 1.79. The molecule has 12 heavy (non-hydrogen) atoms. The van der Waals surface area contributed by atoms with Crippen LogP contribution in [0.4, 0.5) is 0 Å². The van der Waals surface area contributed by atoms with E-state index in [-0.39, 0.29) is 5.92 Å². The Morgan fingerprint density at radius 2 is 2.58 bits per heavy atom. The Labute approximate surface area is 71.6 Å². The lowest BCUT2D eigenvalue weighted by atomic mass is 9.89. The van der Waals surface area contributed by atoms with Gasteiger partial charge in [-0.3, -0.25) is 4.68 Å². The maximum atomic E-state index is 8.75. The molecule has 0 saturated heterocycles. The molecular weight excluding hydrogens is 150 g/mol. The van der Waals surface area contributed by atoms with Gasteiger partial charge in [0.25, 0.3) is 0 Å². The van der Waals surface area contributed by atoms with Gasteiger partial charge in [0.05, 0.1) is 18.2 Å². The van der Waals surface area contributed by atoms with E-state index in [0.29, 0.717) is 0 Å². The van der Waals surface area contributed by atoms with Crippen molar-refractivity contribution in [1.29, 1.82) is 5.26 Å². The molecule has 2 rings (SSSR count). The Balaban J connectivity index is 2.31. The first kappa shape index (κ1) is 7.35. The number of nitriles is 1. The smallest absolute Gasteiger partial charge is 0.0659 e. The first-order valence-electron chi connectivity index (χ1n) is 4.20. The van der Waals surface area contributed by atoms with Gasteiger partial charge >= 0.3 is 0 Å². The van der Waals surface area contributed by atoms with Crippen molar-refractivity contribution in [3.63, 3.8) is 0 Å². The lowest BCUT2D eigenvalue weighted by Gasteiger charge is -2.15. The molecule has 0 aromatic carbocycles. The SMILES string of the molecule is Cn1ncc2c1CCC(C#N)C2. The van der Waals surface area contributed by atoms with Crippen LogP contribution in [-0.4, -0.2) is 9.78 Å². The topological polar surface area (TPSA) is 41.6 Å². The molecule has 0 N–H and O–H groups in total. The van der Waals surface area contributed by atoms with Gasteiger partial charge in [-0.05, 0) is 24.8 Å². The van der Waals surface area contributed by atoms with Crippen molar-refractivity contribution in [3.05, 3.63) is 17.5 Å². The first-order chi connectivity index (χ1) is 5.81. The van der Waals surface area contributed by atoms with Crippen molar-refractivity contribution in [1.82, 2.24) is 9.78 Å². The fourth-order valence-corrected chi connectivity index (χ4v) is 1.79. The van der Waals surface area contributed by atoms with Gasteiger partial charge < -0.3 is 0 Å². The van der Waals surface area contributed by atoms with Crippen LogP contribution in [0.1, 0.15) is 17.7 Å². The molecule has 0 fully saturated rings. The zero-order chi connectivity index (χ0) is 8.55. The summed E-state index contributed by atoms with van der Waals surface area (Å²) < 4.78 is 1.92. The molecule has 1 atom stereocenters. The third-order valence-electron chi connectivity index (χ3n) is 2.53. The minimum Gasteiger partial charge on any atom is -0.272 e. The first-order valence-corrected chi connectivity index (χ1v) is 4.20. The van der Waals surface area contributed by atoms with E-state index in [1.165, 1.54) is 11.3 Å². The van der Waals surface area contributed by atoms with Gasteiger partial charge in [-0.15, -0.1) is 0 Å². The van der Waals surface area contributed by atoms with Gasteiger partial charge in [-0.25, -0.2) is 0 Å². The zero-order valence-corrected chi connectivity index (χ0v) is 7.12. The average molecular weight is 161 g/mol. The highest BCUT2D eigenvalue weighted by Gasteiger charge is 2.20. The highest BCUT2D eigenvalue weighted by atomic mass is 15.3. The van der Waals surface area contributed by atoms with Crippen LogP contribution in [0.25, 0.3) is 0 Å². The molecule has 0 aliphatic heterocycles. The van der Waals surface area contributed by atoms with Crippen molar-refractivity contribution in [2.75, 3.05) is 0 Å². The van der Waals surface area contributed by atoms with Crippen LogP contribution in [0.2, 0.25) is 0 Å². The second-order valence-corrected chi connectivity index (χ2v) is 3.31. The molecule has 1 unspecified atom stereocenters. The summed E-state index contributed by atoms with van der Waals surface area (Å²) in [5, 5.41) is 12.9. The number of aryl methyl sites for hydroxylation is 1. The summed E-state index contributed by atoms with van der Waals surface area (Å²) in [6, 6.07) is 2.32. The standard InChI is InChI=1S/C9H11N3/c1-12-9-3-2-7(5-10)4-8(9)6-11-12/h6-7H,2-4H2,1H3. The monoisotopic (exact) mass is 161 g/mol. The Morgan fingerprint density at radius 3 is 3.33 bits per heavy atom. The maximum absolute atomic E-state index is 8.75. The van der Waals surface area contributed by atoms with Gasteiger partial charge in [0, 0.05) is 12.7 Å². The normalized spacial score (nSPS) is 21.5. The Morgan fingerprint density at radius 1 is 1.75 bits per heavy atom. The summed E-state index contributed by atoms with van der Waals surface area (Å²) in [4.78, 5) is 0. The summed E-state index contributed by atoms with van der Waals surface area (Å²) in [7, 11) is 1.96. The number of rotatable bonds is 0. The molecule has 1 aromatic rings. The Hall–Kier alpha value is -1.30. The number of nitrogens with zero attached hydrogens (tertiary/aromatic N) is 3. The van der Waals surface area contributed by atoms with E-state index >= 15 is 0 Å². The third kappa shape index (κ3) is 1.00. The third-order valence-corrected chi connectivity index (χ3v) is 2.53. The molecule has 3 nitrogen and oxygen atoms in total. The van der Waals surface area contributed by atoms with E-state index < -0.39 is 0 Å². The number of fused-ring (bicyclic) bond motifs is 1. The van der Waals surface area contributed by atoms with Crippen LogP contribution < -0.4 is 0 Å². The lowest BCUT2D eigenvalue weighted by Crippen LogP contribution is -2.13. The van der Waals surface area contributed by atoms with Crippen molar-refractivity contribution in [3.8, 4) is 6.07 Å². The van der Waals surface area contributed by atoms with E-state index in [2.05, 4.69) is 11.2 Å². The highest BCUT2D eigenvalue weighted by Crippen LogP contribution is 2.23. The molecule has 1 aromatic heterocycles. The number of hydrogen-bond acceptors (Lipinski definition) is 2. The molecule has 1 heterocycles. The second kappa shape index (κ2) is 2.63. The molecule has 1 aliphatic rings. The maximum Gasteiger partial charge on any atom is 0.0659 e. The molecule has 0 amide bonds. The van der Waals surface area contributed by atoms with Crippen LogP contribution in [0.3, 0.4) is 0 Å². The van der Waals surface area contributed by atoms with E-state index in [1.54, 1.807) is 0 Å². The molecule has 0 bridgehead atoms. The zero-order valence-electron chi connectivity index (χ0n) is 7.12. The van der Waals surface area contributed by atoms with Crippen molar-refractivity contribution < 1.29 is 0 Å². The molecule has 3 heteroatoms. The van der Waals surface area contributed by atoms with E-state index in [9.17, 15) is 0 Å². The highest BCUT2D eigenvalue weighted by molar-refractivity contribution is 5.22. The Kier molecular flexibility index (Phi) is 1.61. The summed E-state index contributed by atoms with van der Waals surface area (Å²) in [5.74, 6) is 0.210. The van der Waals surface area contributed by atoms with Gasteiger partial charge in [-0.2, -0.15) is 10.4 Å². The average Bonchev–Trinajstić information content (AvgIpc) is 2.47. The second-order valence-electron chi connectivity index (χ2n) is 3.31. The van der Waals surface area contributed by atoms with Gasteiger partial charge in [0.1, 0.15) is 0 Å². The van der Waals surface area contributed by atoms with Crippen molar-refractivity contribution >= 4 is 0 Å². The molecule has 62 valence electrons. The predicted molar refractivity (Wildman–Crippen MR) is 44.3 cm³/mol. The molecule has 0 spiro atoms. The van der Waals surface area contributed by atoms with Crippen molar-refractivity contribution in [2.24, 2.45) is 13.0 Å². The number of hydrogen-bond donors (Lipinski definition) is 0. The van der Waals surface area contributed by atoms with Crippen LogP contribution >= 0.6 is 0 Å². The van der Waals surface area contributed by atoms with Crippen LogP contribution in [0.5, 0.6) is 0 Å². The molecule has 1 aliphatic carbocycles. The quantitative estimate of drug-likeness (QED) is 0.570. The molecular formula is C9H11N3. The van der Waals surface area contributed by atoms with Crippen molar-refractivity contribution in [2.45, 2.75) is 19.3 Å². The molecule has 0 radical (unpaired) electrons. The van der Waals surface area contributed by atoms with Gasteiger partial charge in [-0.1, -0.05) is 0 Å². The van der Waals surface area contributed by atoms with E-state index in [0.717, 1.165) is 19.3 Å². The minimum atomic E-state index is 0.210. The van der Waals surface area contributed by atoms with E-state index in [1.807, 2.05) is 17.9 Å². The van der Waals surface area contributed by atoms with E-state index in [4.69, 9.17) is 5.26 Å². The summed E-state index contributed by atoms with van der Waals surface area (Å²) in [6.45, 7) is 0. The van der Waals surface area contributed by atoms with Crippen LogP contribution in [0.15, 0.2) is 6.20 Å². The minimum absolute atomic E-state index is 0.210. The Bertz CT molecular complexity index is 332. The molecule has 0 saturated carbocycles. The van der Waals surface area contributed by atoms with Crippen LogP contribution in [-0.2, 0) is 19.9 Å². The summed E-state index contributed by atoms with van der Waals surface area (Å²) in [6.07, 6.45) is 4.77. The predicted octanol–water partition coefficient (Wildman–Crippen LogP) is 1.05. The van der Waals surface area contributed by atoms with Crippen LogP contribution in [0, 0.1) is 17.2 Å². The number of aromatic nitrogens is 2. The summed E-state index contributed by atoms with van der Waals surface area (Å²) >= 11 is 0. The lowest BCUT2D eigenvalue weighted by molar-refractivity contribution is 0.541. The van der Waals surface area contributed by atoms with Gasteiger partial charge in [0.15, 0.2) is 0 Å². The summed E-state index contributed by atoms with van der Waals surface area (Å²) in [5.41, 5.74) is 2.57. The fraction of sp³-hybridized carbons (Fsp3) is 0.556.